The van der Waals surface area contributed by atoms with Crippen molar-refractivity contribution in [3.05, 3.63) is 80.6 Å². The summed E-state index contributed by atoms with van der Waals surface area (Å²) in [6, 6.07) is 8.85. The third-order valence-corrected chi connectivity index (χ3v) is 11.3. The van der Waals surface area contributed by atoms with E-state index >= 15 is 4.39 Å². The minimum absolute atomic E-state index is 0.0514. The third-order valence-electron chi connectivity index (χ3n) is 10.8. The lowest BCUT2D eigenvalue weighted by Gasteiger charge is -2.66. The summed E-state index contributed by atoms with van der Waals surface area (Å²) >= 11 is 3.20. The van der Waals surface area contributed by atoms with Crippen LogP contribution < -0.4 is 10.4 Å². The average molecular weight is 743 g/mol. The summed E-state index contributed by atoms with van der Waals surface area (Å²) in [6.45, 7) is 7.92. The van der Waals surface area contributed by atoms with Crippen LogP contribution in [0.1, 0.15) is 75.9 Å². The Morgan fingerprint density at radius 2 is 1.84 bits per heavy atom. The Hall–Kier alpha value is -4.10. The zero-order valence-corrected chi connectivity index (χ0v) is 29.2. The summed E-state index contributed by atoms with van der Waals surface area (Å²) in [5.74, 6) is -4.05. The number of carbonyl (C=O) groups is 3. The molecular formula is C36H37BrFNO10. The number of fused-ring (bicyclic) bond motifs is 4. The highest BCUT2D eigenvalue weighted by Gasteiger charge is 2.71. The normalized spacial score (nSPS) is 31.6. The van der Waals surface area contributed by atoms with Crippen molar-refractivity contribution >= 4 is 33.8 Å². The Morgan fingerprint density at radius 3 is 2.49 bits per heavy atom. The molecule has 2 aromatic heterocycles. The SMILES string of the molecule is CC(=O)OCC1(C)C2C[C@H](OC(=O)c3ccc(Br)cc3F)[C@@]3(C)Oc4cc(-c5cccnc5)oc(=O)c4[C@H](O)C3[C@@]2(C)CC[C@@H]1OC(C)=O. The van der Waals surface area contributed by atoms with E-state index < -0.39 is 75.9 Å². The number of aromatic nitrogens is 1. The van der Waals surface area contributed by atoms with Crippen molar-refractivity contribution < 1.29 is 47.2 Å². The second kappa shape index (κ2) is 12.7. The summed E-state index contributed by atoms with van der Waals surface area (Å²) in [7, 11) is 0. The fourth-order valence-electron chi connectivity index (χ4n) is 8.69. The lowest BCUT2D eigenvalue weighted by molar-refractivity contribution is -0.266. The van der Waals surface area contributed by atoms with E-state index in [0.717, 1.165) is 6.07 Å². The van der Waals surface area contributed by atoms with E-state index in [1.165, 1.54) is 38.2 Å². The summed E-state index contributed by atoms with van der Waals surface area (Å²) in [4.78, 5) is 55.8. The van der Waals surface area contributed by atoms with E-state index in [1.54, 1.807) is 25.3 Å². The van der Waals surface area contributed by atoms with Gasteiger partial charge in [-0.1, -0.05) is 29.8 Å². The number of pyridine rings is 1. The molecule has 1 aliphatic heterocycles. The molecule has 13 heteroatoms. The number of hydrogen-bond donors (Lipinski definition) is 1. The van der Waals surface area contributed by atoms with Crippen LogP contribution in [-0.4, -0.2) is 52.4 Å². The Morgan fingerprint density at radius 1 is 1.08 bits per heavy atom. The van der Waals surface area contributed by atoms with Crippen LogP contribution in [0, 0.1) is 28.5 Å². The minimum Gasteiger partial charge on any atom is -0.482 e. The molecule has 1 aromatic carbocycles. The second-order valence-corrected chi connectivity index (χ2v) is 14.8. The number of ether oxygens (including phenoxy) is 4. The Bertz CT molecular complexity index is 1870. The first-order valence-corrected chi connectivity index (χ1v) is 16.8. The van der Waals surface area contributed by atoms with Gasteiger partial charge in [0, 0.05) is 53.7 Å². The Labute approximate surface area is 290 Å². The lowest BCUT2D eigenvalue weighted by atomic mass is 9.42. The Balaban J connectivity index is 1.51. The van der Waals surface area contributed by atoms with E-state index in [-0.39, 0.29) is 35.7 Å². The van der Waals surface area contributed by atoms with Gasteiger partial charge in [0.2, 0.25) is 0 Å². The van der Waals surface area contributed by atoms with Crippen LogP contribution in [0.3, 0.4) is 0 Å². The average Bonchev–Trinajstić information content (AvgIpc) is 3.02. The molecule has 3 aromatic rings. The van der Waals surface area contributed by atoms with E-state index in [0.29, 0.717) is 22.9 Å². The van der Waals surface area contributed by atoms with Crippen molar-refractivity contribution in [3.63, 3.8) is 0 Å². The first-order chi connectivity index (χ1) is 23.1. The highest BCUT2D eigenvalue weighted by Crippen LogP contribution is 2.67. The second-order valence-electron chi connectivity index (χ2n) is 13.9. The van der Waals surface area contributed by atoms with Crippen molar-refractivity contribution in [2.24, 2.45) is 22.7 Å². The van der Waals surface area contributed by atoms with Gasteiger partial charge >= 0.3 is 23.5 Å². The number of esters is 3. The maximum absolute atomic E-state index is 15.0. The molecule has 260 valence electrons. The van der Waals surface area contributed by atoms with Gasteiger partial charge < -0.3 is 28.5 Å². The summed E-state index contributed by atoms with van der Waals surface area (Å²) in [5, 5.41) is 12.3. The molecule has 49 heavy (non-hydrogen) atoms. The van der Waals surface area contributed by atoms with Gasteiger partial charge in [0.15, 0.2) is 0 Å². The zero-order chi connectivity index (χ0) is 35.5. The number of aliphatic hydroxyl groups is 1. The topological polar surface area (TPSA) is 151 Å². The van der Waals surface area contributed by atoms with E-state index in [2.05, 4.69) is 20.9 Å². The van der Waals surface area contributed by atoms with Crippen molar-refractivity contribution in [1.82, 2.24) is 4.98 Å². The number of rotatable bonds is 6. The number of hydrogen-bond acceptors (Lipinski definition) is 11. The molecule has 3 heterocycles. The van der Waals surface area contributed by atoms with Gasteiger partial charge in [-0.25, -0.2) is 14.0 Å². The molecule has 2 fully saturated rings. The maximum atomic E-state index is 15.0. The molecule has 6 rings (SSSR count). The van der Waals surface area contributed by atoms with Gasteiger partial charge in [-0.2, -0.15) is 0 Å². The number of aliphatic hydroxyl groups excluding tert-OH is 1. The third kappa shape index (κ3) is 5.94. The van der Waals surface area contributed by atoms with E-state index in [1.807, 2.05) is 13.8 Å². The highest BCUT2D eigenvalue weighted by atomic mass is 79.9. The molecule has 2 aliphatic carbocycles. The maximum Gasteiger partial charge on any atom is 0.345 e. The number of halogens is 2. The monoisotopic (exact) mass is 741 g/mol. The van der Waals surface area contributed by atoms with Gasteiger partial charge in [-0.3, -0.25) is 14.6 Å². The van der Waals surface area contributed by atoms with Crippen LogP contribution in [0.25, 0.3) is 11.3 Å². The van der Waals surface area contributed by atoms with E-state index in [9.17, 15) is 24.3 Å². The van der Waals surface area contributed by atoms with Gasteiger partial charge in [0.05, 0.1) is 11.7 Å². The number of nitrogens with zero attached hydrogens (tertiary/aromatic N) is 1. The van der Waals surface area contributed by atoms with Crippen LogP contribution in [0.5, 0.6) is 5.75 Å². The predicted octanol–water partition coefficient (Wildman–Crippen LogP) is 5.95. The molecule has 0 bridgehead atoms. The highest BCUT2D eigenvalue weighted by molar-refractivity contribution is 9.10. The standard InChI is InChI=1S/C36H37BrFNO10/c1-18(40)45-17-35(4)26-15-28(48-32(43)22-9-8-21(37)13-23(22)38)36(5)31(34(26,3)11-10-27(35)46-19(2)41)30(42)29-25(49-36)14-24(47-33(29)44)20-7-6-12-39-16-20/h6-9,12-14,16,26-28,30-31,42H,10-11,15,17H2,1-5H3/t26?,27-,28-,30-,31?,34-,35?,36+/m0/s1. The van der Waals surface area contributed by atoms with Crippen molar-refractivity contribution in [1.29, 1.82) is 0 Å². The van der Waals surface area contributed by atoms with E-state index in [4.69, 9.17) is 23.4 Å². The molecule has 0 saturated heterocycles. The molecule has 1 N–H and O–H groups in total. The van der Waals surface area contributed by atoms with Crippen LogP contribution in [0.15, 0.2) is 62.5 Å². The Kier molecular flexibility index (Phi) is 8.98. The van der Waals surface area contributed by atoms with Crippen molar-refractivity contribution in [3.8, 4) is 17.1 Å². The number of benzene rings is 1. The molecule has 2 saturated carbocycles. The van der Waals surface area contributed by atoms with Gasteiger partial charge in [0.1, 0.15) is 47.3 Å². The molecule has 3 unspecified atom stereocenters. The summed E-state index contributed by atoms with van der Waals surface area (Å²) in [6.07, 6.45) is 0.648. The fraction of sp³-hybridized carbons (Fsp3) is 0.472. The van der Waals surface area contributed by atoms with Gasteiger partial charge in [0.25, 0.3) is 0 Å². The van der Waals surface area contributed by atoms with Gasteiger partial charge in [-0.15, -0.1) is 0 Å². The fourth-order valence-corrected chi connectivity index (χ4v) is 9.02. The van der Waals surface area contributed by atoms with Crippen LogP contribution in [0.4, 0.5) is 4.39 Å². The molecule has 8 atom stereocenters. The van der Waals surface area contributed by atoms with Gasteiger partial charge in [-0.05, 0) is 67.9 Å². The van der Waals surface area contributed by atoms with Crippen LogP contribution >= 0.6 is 15.9 Å². The molecule has 0 amide bonds. The zero-order valence-electron chi connectivity index (χ0n) is 27.7. The first kappa shape index (κ1) is 34.8. The molecule has 11 nitrogen and oxygen atoms in total. The number of carbonyl (C=O) groups excluding carboxylic acids is 3. The quantitative estimate of drug-likeness (QED) is 0.236. The molecular weight excluding hydrogens is 705 g/mol. The predicted molar refractivity (Wildman–Crippen MR) is 175 cm³/mol. The first-order valence-electron chi connectivity index (χ1n) is 16.0. The van der Waals surface area contributed by atoms with Crippen LogP contribution in [-0.2, 0) is 23.8 Å². The summed E-state index contributed by atoms with van der Waals surface area (Å²) < 4.78 is 45.4. The largest absolute Gasteiger partial charge is 0.482 e. The smallest absolute Gasteiger partial charge is 0.345 e. The van der Waals surface area contributed by atoms with Crippen LogP contribution in [0.2, 0.25) is 0 Å². The summed E-state index contributed by atoms with van der Waals surface area (Å²) in [5.41, 5.74) is -4.07. The lowest BCUT2D eigenvalue weighted by Crippen LogP contribution is -2.71. The molecule has 0 radical (unpaired) electrons. The molecule has 0 spiro atoms. The van der Waals surface area contributed by atoms with Crippen molar-refractivity contribution in [2.45, 2.75) is 77.8 Å². The van der Waals surface area contributed by atoms with Crippen molar-refractivity contribution in [2.75, 3.05) is 6.61 Å². The minimum atomic E-state index is -1.46. The molecule has 3 aliphatic rings.